The third-order valence-electron chi connectivity index (χ3n) is 6.01. The van der Waals surface area contributed by atoms with E-state index in [9.17, 15) is 19.2 Å². The van der Waals surface area contributed by atoms with Gasteiger partial charge in [0.15, 0.2) is 18.0 Å². The second-order valence-corrected chi connectivity index (χ2v) is 8.96. The molecule has 3 aromatic carbocycles. The maximum Gasteiger partial charge on any atom is 0.347 e. The molecule has 0 spiro atoms. The van der Waals surface area contributed by atoms with Crippen LogP contribution in [0, 0.1) is 0 Å². The number of esters is 3. The molecule has 0 radical (unpaired) electrons. The van der Waals surface area contributed by atoms with Crippen LogP contribution in [0.4, 0.5) is 0 Å². The number of ether oxygens (including phenoxy) is 3. The van der Waals surface area contributed by atoms with Crippen molar-refractivity contribution < 1.29 is 33.4 Å². The molecule has 0 saturated carbocycles. The van der Waals surface area contributed by atoms with Crippen LogP contribution < -0.4 is 0 Å². The summed E-state index contributed by atoms with van der Waals surface area (Å²) in [6.45, 7) is 6.73. The molecule has 0 amide bonds. The summed E-state index contributed by atoms with van der Waals surface area (Å²) in [5, 5.41) is 0. The molecule has 38 heavy (non-hydrogen) atoms. The second-order valence-electron chi connectivity index (χ2n) is 8.96. The van der Waals surface area contributed by atoms with E-state index in [2.05, 4.69) is 0 Å². The lowest BCUT2D eigenvalue weighted by Gasteiger charge is -2.13. The topological polar surface area (TPSA) is 96.0 Å². The number of hydrogen-bond acceptors (Lipinski definition) is 7. The van der Waals surface area contributed by atoms with Crippen molar-refractivity contribution in [1.29, 1.82) is 0 Å². The molecular weight excluding hydrogens is 484 g/mol. The lowest BCUT2D eigenvalue weighted by Crippen LogP contribution is -2.26. The standard InChI is InChI=1S/C31H32O7/c1-5-6-19-36-29(33)22(4)38-31(35)28-17-13-26(14-18-28)24-9-7-23(8-10-24)25-11-15-27(16-12-25)30(34)37-21(3)20(2)32/h7-18,21-22H,5-6,19H2,1-4H3. The maximum absolute atomic E-state index is 12.4. The molecule has 0 aliphatic heterocycles. The number of carbonyl (C=O) groups is 4. The van der Waals surface area contributed by atoms with E-state index < -0.39 is 30.1 Å². The summed E-state index contributed by atoms with van der Waals surface area (Å²) in [6, 6.07) is 21.8. The van der Waals surface area contributed by atoms with Crippen molar-refractivity contribution in [2.75, 3.05) is 6.61 Å². The number of Topliss-reactive ketones (excluding diaryl/α,β-unsaturated/α-hetero) is 1. The molecule has 198 valence electrons. The Labute approximate surface area is 222 Å². The van der Waals surface area contributed by atoms with Gasteiger partial charge in [-0.05, 0) is 73.7 Å². The van der Waals surface area contributed by atoms with Gasteiger partial charge in [-0.2, -0.15) is 0 Å². The number of unbranched alkanes of at least 4 members (excludes halogenated alkanes) is 1. The molecule has 0 fully saturated rings. The average molecular weight is 517 g/mol. The molecule has 7 heteroatoms. The predicted octanol–water partition coefficient (Wildman–Crippen LogP) is 6.04. The van der Waals surface area contributed by atoms with Gasteiger partial charge in [0.1, 0.15) is 0 Å². The SMILES string of the molecule is CCCCOC(=O)C(C)OC(=O)c1ccc(-c2ccc(-c3ccc(C(=O)OC(C)C(C)=O)cc3)cc2)cc1. The number of carbonyl (C=O) groups excluding carboxylic acids is 4. The molecule has 0 aliphatic carbocycles. The molecule has 3 rings (SSSR count). The fraction of sp³-hybridized carbons (Fsp3) is 0.290. The molecule has 0 saturated heterocycles. The zero-order valence-electron chi connectivity index (χ0n) is 22.1. The van der Waals surface area contributed by atoms with Gasteiger partial charge in [0.2, 0.25) is 0 Å². The van der Waals surface area contributed by atoms with Crippen molar-refractivity contribution in [2.45, 2.75) is 52.7 Å². The van der Waals surface area contributed by atoms with Gasteiger partial charge in [-0.3, -0.25) is 4.79 Å². The first-order valence-electron chi connectivity index (χ1n) is 12.6. The van der Waals surface area contributed by atoms with Gasteiger partial charge in [-0.15, -0.1) is 0 Å². The molecule has 2 atom stereocenters. The fourth-order valence-electron chi connectivity index (χ4n) is 3.48. The lowest BCUT2D eigenvalue weighted by atomic mass is 9.99. The fourth-order valence-corrected chi connectivity index (χ4v) is 3.48. The van der Waals surface area contributed by atoms with E-state index in [-0.39, 0.29) is 5.78 Å². The molecule has 2 unspecified atom stereocenters. The Morgan fingerprint density at radius 2 is 1.00 bits per heavy atom. The monoisotopic (exact) mass is 516 g/mol. The van der Waals surface area contributed by atoms with Crippen molar-refractivity contribution >= 4 is 23.7 Å². The summed E-state index contributed by atoms with van der Waals surface area (Å²) in [7, 11) is 0. The van der Waals surface area contributed by atoms with Crippen LogP contribution in [0.25, 0.3) is 22.3 Å². The Hall–Kier alpha value is -4.26. The normalized spacial score (nSPS) is 12.2. The Morgan fingerprint density at radius 3 is 1.37 bits per heavy atom. The Morgan fingerprint density at radius 1 is 0.632 bits per heavy atom. The number of benzene rings is 3. The van der Waals surface area contributed by atoms with Gasteiger partial charge in [0, 0.05) is 0 Å². The van der Waals surface area contributed by atoms with Gasteiger partial charge in [-0.25, -0.2) is 14.4 Å². The van der Waals surface area contributed by atoms with Crippen LogP contribution in [-0.2, 0) is 23.8 Å². The average Bonchev–Trinajstić information content (AvgIpc) is 2.93. The summed E-state index contributed by atoms with van der Waals surface area (Å²) in [5.41, 5.74) is 4.48. The molecule has 3 aromatic rings. The van der Waals surface area contributed by atoms with Gasteiger partial charge in [0.25, 0.3) is 0 Å². The molecule has 0 aromatic heterocycles. The van der Waals surface area contributed by atoms with Crippen molar-refractivity contribution in [2.24, 2.45) is 0 Å². The first-order valence-corrected chi connectivity index (χ1v) is 12.6. The highest BCUT2D eigenvalue weighted by molar-refractivity contribution is 5.93. The summed E-state index contributed by atoms with van der Waals surface area (Å²) in [4.78, 5) is 47.8. The first kappa shape index (κ1) is 28.3. The van der Waals surface area contributed by atoms with Crippen LogP contribution in [0.1, 0.15) is 61.3 Å². The van der Waals surface area contributed by atoms with Crippen LogP contribution in [0.2, 0.25) is 0 Å². The molecular formula is C31H32O7. The highest BCUT2D eigenvalue weighted by Gasteiger charge is 2.20. The quantitative estimate of drug-likeness (QED) is 0.174. The summed E-state index contributed by atoms with van der Waals surface area (Å²) in [6.07, 6.45) is -0.0851. The number of hydrogen-bond donors (Lipinski definition) is 0. The third kappa shape index (κ3) is 7.62. The zero-order valence-corrected chi connectivity index (χ0v) is 22.1. The second kappa shape index (κ2) is 13.3. The van der Waals surface area contributed by atoms with Crippen LogP contribution in [0.3, 0.4) is 0 Å². The summed E-state index contributed by atoms with van der Waals surface area (Å²) < 4.78 is 15.5. The Kier molecular flexibility index (Phi) is 9.93. The van der Waals surface area contributed by atoms with E-state index in [1.165, 1.54) is 13.8 Å². The predicted molar refractivity (Wildman–Crippen MR) is 144 cm³/mol. The zero-order chi connectivity index (χ0) is 27.7. The minimum atomic E-state index is -0.976. The van der Waals surface area contributed by atoms with Crippen LogP contribution in [-0.4, -0.2) is 42.5 Å². The first-order chi connectivity index (χ1) is 18.2. The highest BCUT2D eigenvalue weighted by atomic mass is 16.6. The van der Waals surface area contributed by atoms with Crippen molar-refractivity contribution in [3.63, 3.8) is 0 Å². The summed E-state index contributed by atoms with van der Waals surface area (Å²) >= 11 is 0. The van der Waals surface area contributed by atoms with E-state index in [1.807, 2.05) is 55.5 Å². The Balaban J connectivity index is 1.61. The van der Waals surface area contributed by atoms with Crippen LogP contribution in [0.15, 0.2) is 72.8 Å². The highest BCUT2D eigenvalue weighted by Crippen LogP contribution is 2.26. The molecule has 0 heterocycles. The van der Waals surface area contributed by atoms with Gasteiger partial charge < -0.3 is 14.2 Å². The summed E-state index contributed by atoms with van der Waals surface area (Å²) in [5.74, 6) is -1.89. The lowest BCUT2D eigenvalue weighted by molar-refractivity contribution is -0.153. The maximum atomic E-state index is 12.4. The van der Waals surface area contributed by atoms with E-state index in [0.717, 1.165) is 35.1 Å². The molecule has 0 bridgehead atoms. The Bertz CT molecular complexity index is 1260. The van der Waals surface area contributed by atoms with Crippen molar-refractivity contribution in [3.8, 4) is 22.3 Å². The third-order valence-corrected chi connectivity index (χ3v) is 6.01. The van der Waals surface area contributed by atoms with Gasteiger partial charge >= 0.3 is 17.9 Å². The molecule has 7 nitrogen and oxygen atoms in total. The van der Waals surface area contributed by atoms with Gasteiger partial charge in [0.05, 0.1) is 17.7 Å². The minimum absolute atomic E-state index is 0.209. The largest absolute Gasteiger partial charge is 0.463 e. The van der Waals surface area contributed by atoms with E-state index in [4.69, 9.17) is 14.2 Å². The molecule has 0 N–H and O–H groups in total. The number of rotatable bonds is 11. The van der Waals surface area contributed by atoms with Gasteiger partial charge in [-0.1, -0.05) is 61.9 Å². The van der Waals surface area contributed by atoms with Crippen LogP contribution in [0.5, 0.6) is 0 Å². The smallest absolute Gasteiger partial charge is 0.347 e. The van der Waals surface area contributed by atoms with E-state index in [1.54, 1.807) is 31.2 Å². The van der Waals surface area contributed by atoms with E-state index in [0.29, 0.717) is 17.7 Å². The number of ketones is 1. The minimum Gasteiger partial charge on any atom is -0.463 e. The van der Waals surface area contributed by atoms with Crippen molar-refractivity contribution in [1.82, 2.24) is 0 Å². The van der Waals surface area contributed by atoms with E-state index >= 15 is 0 Å². The van der Waals surface area contributed by atoms with Crippen LogP contribution >= 0.6 is 0 Å². The molecule has 0 aliphatic rings. The van der Waals surface area contributed by atoms with Crippen molar-refractivity contribution in [3.05, 3.63) is 83.9 Å².